The highest BCUT2D eigenvalue weighted by atomic mass is 16.6. The number of non-ortho nitro benzene ring substituents is 1. The highest BCUT2D eigenvalue weighted by Gasteiger charge is 2.47. The summed E-state index contributed by atoms with van der Waals surface area (Å²) in [5.74, 6) is 2.08. The van der Waals surface area contributed by atoms with Gasteiger partial charge in [0.25, 0.3) is 5.69 Å². The number of aryl methyl sites for hydroxylation is 1. The van der Waals surface area contributed by atoms with E-state index >= 15 is 0 Å². The molecule has 6 rings (SSSR count). The Balaban J connectivity index is 1.54. The van der Waals surface area contributed by atoms with Gasteiger partial charge in [-0.25, -0.2) is 0 Å². The fourth-order valence-electron chi connectivity index (χ4n) is 6.30. The molecule has 0 aromatic heterocycles. The number of allylic oxidation sites excluding steroid dienone is 4. The van der Waals surface area contributed by atoms with Crippen molar-refractivity contribution in [3.8, 4) is 0 Å². The van der Waals surface area contributed by atoms with Crippen molar-refractivity contribution in [2.75, 3.05) is 11.4 Å². The fraction of sp³-hybridized carbons (Fsp3) is 0.360. The van der Waals surface area contributed by atoms with Crippen LogP contribution in [-0.4, -0.2) is 11.5 Å². The molecular formula is C25H24N2O2. The third kappa shape index (κ3) is 2.38. The second-order valence-corrected chi connectivity index (χ2v) is 9.04. The van der Waals surface area contributed by atoms with E-state index in [4.69, 9.17) is 0 Å². The van der Waals surface area contributed by atoms with E-state index < -0.39 is 0 Å². The summed E-state index contributed by atoms with van der Waals surface area (Å²) in [5.41, 5.74) is 7.12. The molecule has 4 heteroatoms. The number of nitrogens with zero attached hydrogens (tertiary/aromatic N) is 2. The number of fused-ring (bicyclic) bond motifs is 4. The zero-order valence-corrected chi connectivity index (χ0v) is 16.5. The molecule has 2 aromatic carbocycles. The third-order valence-corrected chi connectivity index (χ3v) is 7.44. The van der Waals surface area contributed by atoms with Gasteiger partial charge >= 0.3 is 0 Å². The minimum absolute atomic E-state index is 0.168. The molecule has 4 nitrogen and oxygen atoms in total. The Kier molecular flexibility index (Phi) is 3.55. The number of rotatable bonds is 2. The maximum absolute atomic E-state index is 11.1. The monoisotopic (exact) mass is 384 g/mol. The van der Waals surface area contributed by atoms with Crippen LogP contribution in [0.2, 0.25) is 0 Å². The van der Waals surface area contributed by atoms with Crippen molar-refractivity contribution in [1.29, 1.82) is 0 Å². The Morgan fingerprint density at radius 3 is 2.45 bits per heavy atom. The molecule has 0 bridgehead atoms. The van der Waals surface area contributed by atoms with Crippen molar-refractivity contribution in [3.63, 3.8) is 0 Å². The molecule has 0 saturated heterocycles. The number of benzene rings is 2. The van der Waals surface area contributed by atoms with Gasteiger partial charge in [-0.3, -0.25) is 10.1 Å². The van der Waals surface area contributed by atoms with Gasteiger partial charge in [-0.15, -0.1) is 0 Å². The van der Waals surface area contributed by atoms with Gasteiger partial charge in [0.2, 0.25) is 0 Å². The van der Waals surface area contributed by atoms with Gasteiger partial charge in [-0.2, -0.15) is 0 Å². The van der Waals surface area contributed by atoms with E-state index in [1.54, 1.807) is 12.1 Å². The highest BCUT2D eigenvalue weighted by molar-refractivity contribution is 5.70. The van der Waals surface area contributed by atoms with Crippen LogP contribution in [0.3, 0.4) is 0 Å². The topological polar surface area (TPSA) is 46.4 Å². The molecule has 2 heterocycles. The molecule has 0 unspecified atom stereocenters. The van der Waals surface area contributed by atoms with Crippen molar-refractivity contribution >= 4 is 11.4 Å². The van der Waals surface area contributed by atoms with Crippen LogP contribution in [0.1, 0.15) is 53.0 Å². The second-order valence-electron chi connectivity index (χ2n) is 9.04. The average molecular weight is 384 g/mol. The van der Waals surface area contributed by atoms with E-state index in [2.05, 4.69) is 48.3 Å². The second kappa shape index (κ2) is 6.06. The number of anilines is 1. The first-order chi connectivity index (χ1) is 14.1. The Labute approximate surface area is 170 Å². The molecule has 2 aromatic rings. The van der Waals surface area contributed by atoms with E-state index in [0.717, 1.165) is 19.4 Å². The molecule has 0 N–H and O–H groups in total. The highest BCUT2D eigenvalue weighted by Crippen LogP contribution is 2.58. The minimum Gasteiger partial charge on any atom is -0.363 e. The first kappa shape index (κ1) is 17.0. The summed E-state index contributed by atoms with van der Waals surface area (Å²) in [6, 6.07) is 12.4. The molecule has 146 valence electrons. The van der Waals surface area contributed by atoms with Gasteiger partial charge in [0.05, 0.1) is 11.0 Å². The van der Waals surface area contributed by atoms with Crippen LogP contribution in [-0.2, 0) is 0 Å². The summed E-state index contributed by atoms with van der Waals surface area (Å²) in [7, 11) is 0. The lowest BCUT2D eigenvalue weighted by atomic mass is 9.70. The van der Waals surface area contributed by atoms with Gasteiger partial charge in [0.1, 0.15) is 0 Å². The van der Waals surface area contributed by atoms with E-state index in [1.807, 2.05) is 12.1 Å². The zero-order valence-electron chi connectivity index (χ0n) is 16.5. The number of hydrogen-bond acceptors (Lipinski definition) is 3. The molecule has 4 aliphatic rings. The van der Waals surface area contributed by atoms with Gasteiger partial charge in [0.15, 0.2) is 0 Å². The SMILES string of the molecule is Cc1cc2c3c(c1)[C@@H]1C=CC[C@@H]1[C@H](c1ccc([N+](=O)[O-])cc1)N3C[C@@H]1CC=C[C@@H]21. The first-order valence-electron chi connectivity index (χ1n) is 10.6. The Morgan fingerprint density at radius 1 is 1.00 bits per heavy atom. The largest absolute Gasteiger partial charge is 0.363 e. The molecule has 0 saturated carbocycles. The summed E-state index contributed by atoms with van der Waals surface area (Å²) in [4.78, 5) is 13.5. The van der Waals surface area contributed by atoms with Gasteiger partial charge in [-0.1, -0.05) is 54.1 Å². The first-order valence-corrected chi connectivity index (χ1v) is 10.6. The predicted octanol–water partition coefficient (Wildman–Crippen LogP) is 5.80. The van der Waals surface area contributed by atoms with Crippen molar-refractivity contribution < 1.29 is 4.92 Å². The van der Waals surface area contributed by atoms with Crippen LogP contribution < -0.4 is 4.90 Å². The van der Waals surface area contributed by atoms with Crippen molar-refractivity contribution in [3.05, 3.63) is 93.1 Å². The summed E-state index contributed by atoms with van der Waals surface area (Å²) < 4.78 is 0. The third-order valence-electron chi connectivity index (χ3n) is 7.44. The fourth-order valence-corrected chi connectivity index (χ4v) is 6.30. The van der Waals surface area contributed by atoms with E-state index in [0.29, 0.717) is 23.7 Å². The lowest BCUT2D eigenvalue weighted by Gasteiger charge is -2.51. The molecule has 0 spiro atoms. The molecule has 5 atom stereocenters. The average Bonchev–Trinajstić information content (AvgIpc) is 3.37. The van der Waals surface area contributed by atoms with Crippen molar-refractivity contribution in [2.45, 2.75) is 37.6 Å². The number of nitro benzene ring substituents is 1. The van der Waals surface area contributed by atoms with Gasteiger partial charge in [0, 0.05) is 36.2 Å². The molecule has 29 heavy (non-hydrogen) atoms. The van der Waals surface area contributed by atoms with E-state index in [-0.39, 0.29) is 16.7 Å². The Morgan fingerprint density at radius 2 is 1.69 bits per heavy atom. The maximum Gasteiger partial charge on any atom is 0.269 e. The summed E-state index contributed by atoms with van der Waals surface area (Å²) in [5, 5.41) is 11.1. The number of nitro groups is 1. The standard InChI is InChI=1S/C25H24N2O2/c1-15-12-22-19-5-2-4-17(19)14-26-24(16-8-10-18(11-9-16)27(28)29)21-7-3-6-20(21)23(13-15)25(22)26/h2-3,5-6,8-13,17,19-21,24H,4,7,14H2,1H3/t17-,19+,20+,21-,24-/m0/s1. The van der Waals surface area contributed by atoms with Crippen LogP contribution in [0.5, 0.6) is 0 Å². The van der Waals surface area contributed by atoms with Crippen LogP contribution >= 0.6 is 0 Å². The minimum atomic E-state index is -0.309. The number of hydrogen-bond donors (Lipinski definition) is 0. The van der Waals surface area contributed by atoms with E-state index in [1.165, 1.54) is 27.9 Å². The van der Waals surface area contributed by atoms with Crippen molar-refractivity contribution in [1.82, 2.24) is 0 Å². The van der Waals surface area contributed by atoms with Crippen LogP contribution in [0, 0.1) is 28.9 Å². The quantitative estimate of drug-likeness (QED) is 0.374. The lowest BCUT2D eigenvalue weighted by Crippen LogP contribution is -2.46. The normalized spacial score (nSPS) is 30.8. The molecule has 0 amide bonds. The molecule has 0 fully saturated rings. The van der Waals surface area contributed by atoms with Crippen LogP contribution in [0.15, 0.2) is 60.7 Å². The van der Waals surface area contributed by atoms with E-state index in [9.17, 15) is 10.1 Å². The molecule has 2 aliphatic heterocycles. The van der Waals surface area contributed by atoms with Crippen molar-refractivity contribution in [2.24, 2.45) is 11.8 Å². The van der Waals surface area contributed by atoms with Gasteiger partial charge < -0.3 is 4.90 Å². The van der Waals surface area contributed by atoms with Gasteiger partial charge in [-0.05, 0) is 48.3 Å². The Hall–Kier alpha value is -2.88. The molecule has 0 radical (unpaired) electrons. The maximum atomic E-state index is 11.1. The van der Waals surface area contributed by atoms with Crippen LogP contribution in [0.25, 0.3) is 0 Å². The Bertz CT molecular complexity index is 1050. The zero-order chi connectivity index (χ0) is 19.7. The summed E-state index contributed by atoms with van der Waals surface area (Å²) in [6.07, 6.45) is 11.7. The molecular weight excluding hydrogens is 360 g/mol. The summed E-state index contributed by atoms with van der Waals surface area (Å²) in [6.45, 7) is 3.28. The molecule has 2 aliphatic carbocycles. The smallest absolute Gasteiger partial charge is 0.269 e. The lowest BCUT2D eigenvalue weighted by molar-refractivity contribution is -0.384. The summed E-state index contributed by atoms with van der Waals surface area (Å²) >= 11 is 0. The van der Waals surface area contributed by atoms with Crippen LogP contribution in [0.4, 0.5) is 11.4 Å². The predicted molar refractivity (Wildman–Crippen MR) is 114 cm³/mol.